The molecule has 0 aliphatic heterocycles. The van der Waals surface area contributed by atoms with Crippen LogP contribution in [0.15, 0.2) is 48.5 Å². The summed E-state index contributed by atoms with van der Waals surface area (Å²) in [5.74, 6) is 0. The van der Waals surface area contributed by atoms with E-state index in [1.807, 2.05) is 24.3 Å². The van der Waals surface area contributed by atoms with Crippen molar-refractivity contribution < 1.29 is 9.53 Å². The maximum Gasteiger partial charge on any atom is 0.192 e. The average molecular weight is 329 g/mol. The standard InChI is InChI=1S/C20H28O2Si/c1-20(2,3)23(4,5)22-15-17-8-12-19(13-9-17)18-10-6-16(14-21)7-11-18/h6-13,21H,14-15H2,1-5H3. The minimum atomic E-state index is -1.70. The lowest BCUT2D eigenvalue weighted by atomic mass is 10.0. The maximum absolute atomic E-state index is 9.11. The minimum absolute atomic E-state index is 0.0873. The number of benzene rings is 2. The molecule has 0 amide bonds. The Hall–Kier alpha value is -1.42. The summed E-state index contributed by atoms with van der Waals surface area (Å²) in [4.78, 5) is 0. The zero-order valence-electron chi connectivity index (χ0n) is 14.9. The van der Waals surface area contributed by atoms with Crippen molar-refractivity contribution in [2.24, 2.45) is 0 Å². The van der Waals surface area contributed by atoms with Crippen molar-refractivity contribution >= 4 is 8.32 Å². The van der Waals surface area contributed by atoms with E-state index in [1.165, 1.54) is 16.7 Å². The maximum atomic E-state index is 9.11. The molecule has 0 atom stereocenters. The Morgan fingerprint density at radius 1 is 0.826 bits per heavy atom. The van der Waals surface area contributed by atoms with E-state index in [0.717, 1.165) is 5.56 Å². The van der Waals surface area contributed by atoms with E-state index < -0.39 is 8.32 Å². The van der Waals surface area contributed by atoms with Gasteiger partial charge in [-0.25, -0.2) is 0 Å². The lowest BCUT2D eigenvalue weighted by Gasteiger charge is -2.36. The van der Waals surface area contributed by atoms with Crippen LogP contribution >= 0.6 is 0 Å². The van der Waals surface area contributed by atoms with Gasteiger partial charge < -0.3 is 9.53 Å². The highest BCUT2D eigenvalue weighted by atomic mass is 28.4. The van der Waals surface area contributed by atoms with E-state index in [-0.39, 0.29) is 11.6 Å². The molecule has 2 aromatic rings. The Kier molecular flexibility index (Phi) is 5.45. The molecule has 0 radical (unpaired) electrons. The van der Waals surface area contributed by atoms with Gasteiger partial charge in [0, 0.05) is 0 Å². The zero-order chi connectivity index (χ0) is 17.1. The molecule has 0 spiro atoms. The molecule has 0 aliphatic rings. The molecule has 1 N–H and O–H groups in total. The highest BCUT2D eigenvalue weighted by Crippen LogP contribution is 2.37. The molecular weight excluding hydrogens is 300 g/mol. The van der Waals surface area contributed by atoms with E-state index in [1.54, 1.807) is 0 Å². The van der Waals surface area contributed by atoms with Gasteiger partial charge in [-0.2, -0.15) is 0 Å². The number of aliphatic hydroxyl groups excluding tert-OH is 1. The van der Waals surface area contributed by atoms with E-state index >= 15 is 0 Å². The van der Waals surface area contributed by atoms with Gasteiger partial charge in [-0.15, -0.1) is 0 Å². The summed E-state index contributed by atoms with van der Waals surface area (Å²) in [5, 5.41) is 9.34. The SMILES string of the molecule is CC(C)(C)[Si](C)(C)OCc1ccc(-c2ccc(CO)cc2)cc1. The fraction of sp³-hybridized carbons (Fsp3) is 0.400. The molecule has 0 bridgehead atoms. The molecule has 0 fully saturated rings. The van der Waals surface area contributed by atoms with Crippen molar-refractivity contribution in [1.82, 2.24) is 0 Å². The van der Waals surface area contributed by atoms with Gasteiger partial charge in [-0.05, 0) is 40.4 Å². The monoisotopic (exact) mass is 328 g/mol. The summed E-state index contributed by atoms with van der Waals surface area (Å²) in [6.07, 6.45) is 0. The first-order chi connectivity index (χ1) is 10.7. The number of hydrogen-bond donors (Lipinski definition) is 1. The van der Waals surface area contributed by atoms with Crippen LogP contribution in [-0.2, 0) is 17.6 Å². The third kappa shape index (κ3) is 4.53. The molecule has 0 unspecified atom stereocenters. The molecule has 3 heteroatoms. The summed E-state index contributed by atoms with van der Waals surface area (Å²) in [7, 11) is -1.70. The molecule has 2 aromatic carbocycles. The van der Waals surface area contributed by atoms with Gasteiger partial charge in [0.2, 0.25) is 0 Å². The van der Waals surface area contributed by atoms with Gasteiger partial charge in [0.05, 0.1) is 13.2 Å². The van der Waals surface area contributed by atoms with E-state index in [2.05, 4.69) is 58.1 Å². The lowest BCUT2D eigenvalue weighted by molar-refractivity contribution is 0.276. The van der Waals surface area contributed by atoms with Crippen molar-refractivity contribution in [3.8, 4) is 11.1 Å². The van der Waals surface area contributed by atoms with Crippen molar-refractivity contribution in [1.29, 1.82) is 0 Å². The zero-order valence-corrected chi connectivity index (χ0v) is 15.9. The Labute approximate surface area is 141 Å². The second-order valence-electron chi connectivity index (χ2n) is 7.60. The summed E-state index contributed by atoms with van der Waals surface area (Å²) in [6.45, 7) is 12.1. The molecule has 23 heavy (non-hydrogen) atoms. The smallest absolute Gasteiger partial charge is 0.192 e. The van der Waals surface area contributed by atoms with Crippen LogP contribution in [0.2, 0.25) is 18.1 Å². The number of aliphatic hydroxyl groups is 1. The molecular formula is C20H28O2Si. The fourth-order valence-corrected chi connectivity index (χ4v) is 3.04. The van der Waals surface area contributed by atoms with Crippen molar-refractivity contribution in [3.63, 3.8) is 0 Å². The predicted octanol–water partition coefficient (Wildman–Crippen LogP) is 5.37. The van der Waals surface area contributed by atoms with E-state index in [9.17, 15) is 0 Å². The molecule has 0 heterocycles. The second kappa shape index (κ2) is 6.99. The minimum Gasteiger partial charge on any atom is -0.413 e. The van der Waals surface area contributed by atoms with Crippen LogP contribution in [0.4, 0.5) is 0 Å². The number of rotatable bonds is 5. The third-order valence-electron chi connectivity index (χ3n) is 4.83. The van der Waals surface area contributed by atoms with Gasteiger partial charge in [-0.1, -0.05) is 69.3 Å². The molecule has 2 nitrogen and oxygen atoms in total. The molecule has 0 saturated heterocycles. The van der Waals surface area contributed by atoms with Gasteiger partial charge in [0.15, 0.2) is 8.32 Å². The van der Waals surface area contributed by atoms with E-state index in [0.29, 0.717) is 6.61 Å². The van der Waals surface area contributed by atoms with Crippen molar-refractivity contribution in [2.45, 2.75) is 52.1 Å². The molecule has 124 valence electrons. The third-order valence-corrected chi connectivity index (χ3v) is 9.31. The molecule has 0 saturated carbocycles. The first-order valence-corrected chi connectivity index (χ1v) is 11.1. The highest BCUT2D eigenvalue weighted by Gasteiger charge is 2.36. The highest BCUT2D eigenvalue weighted by molar-refractivity contribution is 6.74. The summed E-state index contributed by atoms with van der Waals surface area (Å²) >= 11 is 0. The van der Waals surface area contributed by atoms with Crippen LogP contribution in [0, 0.1) is 0 Å². The topological polar surface area (TPSA) is 29.5 Å². The summed E-state index contributed by atoms with van der Waals surface area (Å²) < 4.78 is 6.27. The average Bonchev–Trinajstić information content (AvgIpc) is 2.52. The van der Waals surface area contributed by atoms with Crippen molar-refractivity contribution in [2.75, 3.05) is 0 Å². The van der Waals surface area contributed by atoms with Crippen LogP contribution in [0.3, 0.4) is 0 Å². The molecule has 2 rings (SSSR count). The largest absolute Gasteiger partial charge is 0.413 e. The molecule has 0 aromatic heterocycles. The van der Waals surface area contributed by atoms with Gasteiger partial charge in [0.1, 0.15) is 0 Å². The van der Waals surface area contributed by atoms with Crippen LogP contribution in [0.25, 0.3) is 11.1 Å². The van der Waals surface area contributed by atoms with Crippen LogP contribution in [-0.4, -0.2) is 13.4 Å². The fourth-order valence-electron chi connectivity index (χ4n) is 2.08. The van der Waals surface area contributed by atoms with Crippen molar-refractivity contribution in [3.05, 3.63) is 59.7 Å². The first-order valence-electron chi connectivity index (χ1n) is 8.16. The number of hydrogen-bond acceptors (Lipinski definition) is 2. The van der Waals surface area contributed by atoms with Gasteiger partial charge in [-0.3, -0.25) is 0 Å². The summed E-state index contributed by atoms with van der Waals surface area (Å²) in [6, 6.07) is 16.6. The molecule has 0 aliphatic carbocycles. The Morgan fingerprint density at radius 3 is 1.65 bits per heavy atom. The second-order valence-corrected chi connectivity index (χ2v) is 12.4. The van der Waals surface area contributed by atoms with Crippen LogP contribution in [0.5, 0.6) is 0 Å². The van der Waals surface area contributed by atoms with Crippen LogP contribution in [0.1, 0.15) is 31.9 Å². The predicted molar refractivity (Wildman–Crippen MR) is 99.8 cm³/mol. The Balaban J connectivity index is 2.04. The van der Waals surface area contributed by atoms with Crippen LogP contribution < -0.4 is 0 Å². The first kappa shape index (κ1) is 17.9. The Morgan fingerprint density at radius 2 is 1.26 bits per heavy atom. The van der Waals surface area contributed by atoms with E-state index in [4.69, 9.17) is 9.53 Å². The quantitative estimate of drug-likeness (QED) is 0.748. The lowest BCUT2D eigenvalue weighted by Crippen LogP contribution is -2.40. The van der Waals surface area contributed by atoms with Gasteiger partial charge >= 0.3 is 0 Å². The van der Waals surface area contributed by atoms with Gasteiger partial charge in [0.25, 0.3) is 0 Å². The normalized spacial score (nSPS) is 12.4. The Bertz CT molecular complexity index is 622. The summed E-state index contributed by atoms with van der Waals surface area (Å²) in [5.41, 5.74) is 4.50.